The number of fused-ring (bicyclic) bond motifs is 6. The van der Waals surface area contributed by atoms with E-state index in [9.17, 15) is 0 Å². The number of aryl methyl sites for hydroxylation is 2. The van der Waals surface area contributed by atoms with E-state index in [4.69, 9.17) is 0 Å². The normalized spacial score (nSPS) is 15.2. The zero-order valence-electron chi connectivity index (χ0n) is 29.1. The summed E-state index contributed by atoms with van der Waals surface area (Å²) >= 11 is 0. The van der Waals surface area contributed by atoms with E-state index in [2.05, 4.69) is 142 Å². The summed E-state index contributed by atoms with van der Waals surface area (Å²) in [5, 5.41) is 4.85. The average Bonchev–Trinajstić information content (AvgIpc) is 3.11. The minimum Gasteiger partial charge on any atom is -0.207 e. The summed E-state index contributed by atoms with van der Waals surface area (Å²) < 4.78 is 21.7. The molecule has 0 atom stereocenters. The van der Waals surface area contributed by atoms with Crippen LogP contribution in [0.15, 0.2) is 97.3 Å². The number of rotatable bonds is 5. The largest absolute Gasteiger partial charge is 0.228 e. The fraction of sp³-hybridized carbons (Fsp3) is 0.289. The lowest BCUT2D eigenvalue weighted by Gasteiger charge is -2.36. The number of aromatic nitrogens is 2. The van der Waals surface area contributed by atoms with E-state index in [1.54, 1.807) is 6.07 Å². The number of allylic oxidation sites excluding steroid dienone is 1. The molecule has 1 aliphatic carbocycles. The van der Waals surface area contributed by atoms with Crippen LogP contribution in [0.3, 0.4) is 0 Å². The lowest BCUT2D eigenvalue weighted by atomic mass is 9.68. The lowest BCUT2D eigenvalue weighted by molar-refractivity contribution is -0.743. The highest BCUT2D eigenvalue weighted by Crippen LogP contribution is 2.51. The minimum atomic E-state index is -0.550. The van der Waals surface area contributed by atoms with Crippen LogP contribution in [0.4, 0.5) is 4.39 Å². The molecule has 0 fully saturated rings. The standard InChI is InChI=1S/C45H45FN2/c1-7-10-13-30-27-33-22-25-48-43-39(33)36(28-30)44(5,6)41-37(46)18-19-38(40(41)43)47-24-21-31-14-11-12-15-34(31)42(47)35-26-29(4)16-17-32(35)20-23-45(48,8-2)9-3/h11-12,14-28H,7-10,13H2,1-6H3/q+2. The van der Waals surface area contributed by atoms with Crippen LogP contribution in [0.1, 0.15) is 88.1 Å². The summed E-state index contributed by atoms with van der Waals surface area (Å²) in [6, 6.07) is 28.5. The zero-order chi connectivity index (χ0) is 33.4. The molecule has 0 radical (unpaired) electrons. The first kappa shape index (κ1) is 30.7. The van der Waals surface area contributed by atoms with E-state index in [0.29, 0.717) is 0 Å². The van der Waals surface area contributed by atoms with Gasteiger partial charge in [0.15, 0.2) is 17.9 Å². The first-order valence-electron chi connectivity index (χ1n) is 17.8. The quantitative estimate of drug-likeness (QED) is 0.167. The Morgan fingerprint density at radius 3 is 2.38 bits per heavy atom. The van der Waals surface area contributed by atoms with Crippen molar-refractivity contribution in [3.05, 3.63) is 131 Å². The number of benzene rings is 4. The molecule has 0 N–H and O–H groups in total. The van der Waals surface area contributed by atoms with Crippen molar-refractivity contribution in [3.8, 4) is 28.2 Å². The second kappa shape index (κ2) is 11.2. The molecule has 3 heteroatoms. The maximum Gasteiger partial charge on any atom is 0.228 e. The van der Waals surface area contributed by atoms with E-state index in [1.807, 2.05) is 6.07 Å². The first-order chi connectivity index (χ1) is 23.2. The molecule has 240 valence electrons. The monoisotopic (exact) mass is 632 g/mol. The van der Waals surface area contributed by atoms with Crippen LogP contribution in [0.2, 0.25) is 0 Å². The maximum atomic E-state index is 16.8. The molecule has 2 aliphatic rings. The Labute approximate surface area is 284 Å². The molecule has 2 aromatic heterocycles. The summed E-state index contributed by atoms with van der Waals surface area (Å²) in [7, 11) is 0. The van der Waals surface area contributed by atoms with Crippen LogP contribution in [-0.4, -0.2) is 0 Å². The van der Waals surface area contributed by atoms with Gasteiger partial charge in [-0.1, -0.05) is 95.1 Å². The van der Waals surface area contributed by atoms with Crippen LogP contribution in [0.25, 0.3) is 55.8 Å². The van der Waals surface area contributed by atoms with Crippen molar-refractivity contribution < 1.29 is 13.5 Å². The third-order valence-electron chi connectivity index (χ3n) is 11.5. The molecular weight excluding hydrogens is 588 g/mol. The second-order valence-corrected chi connectivity index (χ2v) is 14.5. The Hall–Kier alpha value is -4.63. The van der Waals surface area contributed by atoms with Crippen LogP contribution < -0.4 is 9.13 Å². The van der Waals surface area contributed by atoms with Gasteiger partial charge in [0, 0.05) is 42.0 Å². The fourth-order valence-corrected chi connectivity index (χ4v) is 8.72. The molecule has 2 nitrogen and oxygen atoms in total. The van der Waals surface area contributed by atoms with Crippen LogP contribution in [0.5, 0.6) is 0 Å². The summed E-state index contributed by atoms with van der Waals surface area (Å²) in [6.45, 7) is 13.5. The Balaban J connectivity index is 1.64. The third-order valence-corrected chi connectivity index (χ3v) is 11.5. The summed E-state index contributed by atoms with van der Waals surface area (Å²) in [5.41, 5.74) is 10.3. The van der Waals surface area contributed by atoms with E-state index < -0.39 is 5.41 Å². The van der Waals surface area contributed by atoms with Crippen molar-refractivity contribution >= 4 is 27.6 Å². The number of hydrogen-bond acceptors (Lipinski definition) is 0. The van der Waals surface area contributed by atoms with E-state index in [0.717, 1.165) is 60.3 Å². The van der Waals surface area contributed by atoms with Crippen LogP contribution >= 0.6 is 0 Å². The van der Waals surface area contributed by atoms with Gasteiger partial charge in [0.2, 0.25) is 17.1 Å². The van der Waals surface area contributed by atoms with E-state index in [1.165, 1.54) is 49.4 Å². The summed E-state index contributed by atoms with van der Waals surface area (Å²) in [4.78, 5) is 0. The zero-order valence-corrected chi connectivity index (χ0v) is 29.1. The van der Waals surface area contributed by atoms with Crippen LogP contribution in [0, 0.1) is 12.7 Å². The van der Waals surface area contributed by atoms with Crippen molar-refractivity contribution in [3.63, 3.8) is 0 Å². The van der Waals surface area contributed by atoms with Gasteiger partial charge in [-0.3, -0.25) is 0 Å². The van der Waals surface area contributed by atoms with Gasteiger partial charge in [0.05, 0.1) is 16.3 Å². The Morgan fingerprint density at radius 1 is 0.792 bits per heavy atom. The number of hydrogen-bond donors (Lipinski definition) is 0. The Kier molecular flexibility index (Phi) is 7.18. The van der Waals surface area contributed by atoms with Gasteiger partial charge in [-0.05, 0) is 71.5 Å². The maximum absolute atomic E-state index is 16.8. The SMILES string of the molecule is CCCCc1cc2c3c4[n+](ccc3c1)C(CC)(CC)C=Cc1ccc(C)cc1-c1c3ccccc3cc[n+]1-c1ccc(F)c(c1-4)C2(C)C. The molecule has 3 heterocycles. The molecule has 0 saturated heterocycles. The summed E-state index contributed by atoms with van der Waals surface area (Å²) in [5.74, 6) is -0.143. The molecule has 0 bridgehead atoms. The van der Waals surface area contributed by atoms with E-state index in [-0.39, 0.29) is 11.4 Å². The van der Waals surface area contributed by atoms with Crippen molar-refractivity contribution in [1.82, 2.24) is 0 Å². The average molecular weight is 633 g/mol. The van der Waals surface area contributed by atoms with Gasteiger partial charge in [-0.2, -0.15) is 9.13 Å². The number of pyridine rings is 2. The van der Waals surface area contributed by atoms with Crippen molar-refractivity contribution in [2.75, 3.05) is 0 Å². The fourth-order valence-electron chi connectivity index (χ4n) is 8.72. The molecule has 8 rings (SSSR count). The molecule has 1 aliphatic heterocycles. The smallest absolute Gasteiger partial charge is 0.207 e. The number of halogens is 1. The molecule has 0 spiro atoms. The predicted octanol–water partition coefficient (Wildman–Crippen LogP) is 10.9. The van der Waals surface area contributed by atoms with Gasteiger partial charge >= 0.3 is 0 Å². The molecule has 6 aromatic rings. The van der Waals surface area contributed by atoms with Crippen LogP contribution in [-0.2, 0) is 17.4 Å². The summed E-state index contributed by atoms with van der Waals surface area (Å²) in [6.07, 6.45) is 14.4. The third kappa shape index (κ3) is 4.36. The first-order valence-corrected chi connectivity index (χ1v) is 17.8. The number of unbranched alkanes of at least 4 members (excludes halogenated alkanes) is 1. The highest BCUT2D eigenvalue weighted by molar-refractivity contribution is 6.02. The number of nitrogens with zero attached hydrogens (tertiary/aromatic N) is 2. The second-order valence-electron chi connectivity index (χ2n) is 14.5. The molecule has 0 unspecified atom stereocenters. The van der Waals surface area contributed by atoms with Gasteiger partial charge in [-0.25, -0.2) is 4.39 Å². The van der Waals surface area contributed by atoms with Crippen molar-refractivity contribution in [2.24, 2.45) is 0 Å². The van der Waals surface area contributed by atoms with Crippen molar-refractivity contribution in [2.45, 2.75) is 84.6 Å². The topological polar surface area (TPSA) is 7.76 Å². The van der Waals surface area contributed by atoms with Gasteiger partial charge in [0.1, 0.15) is 11.4 Å². The molecule has 4 aromatic carbocycles. The molecular formula is C45H45FN2+2. The van der Waals surface area contributed by atoms with Gasteiger partial charge in [0.25, 0.3) is 0 Å². The van der Waals surface area contributed by atoms with Crippen molar-refractivity contribution in [1.29, 1.82) is 0 Å². The Bertz CT molecular complexity index is 2300. The van der Waals surface area contributed by atoms with Gasteiger partial charge < -0.3 is 0 Å². The Morgan fingerprint density at radius 2 is 1.58 bits per heavy atom. The lowest BCUT2D eigenvalue weighted by Crippen LogP contribution is -2.56. The van der Waals surface area contributed by atoms with E-state index >= 15 is 4.39 Å². The predicted molar refractivity (Wildman–Crippen MR) is 197 cm³/mol. The molecule has 48 heavy (non-hydrogen) atoms. The highest BCUT2D eigenvalue weighted by Gasteiger charge is 2.48. The molecule has 0 amide bonds. The molecule has 0 saturated carbocycles. The minimum absolute atomic E-state index is 0.143. The van der Waals surface area contributed by atoms with Gasteiger partial charge in [-0.15, -0.1) is 0 Å². The highest BCUT2D eigenvalue weighted by atomic mass is 19.1.